The lowest BCUT2D eigenvalue weighted by Crippen LogP contribution is -2.43. The summed E-state index contributed by atoms with van der Waals surface area (Å²) in [6, 6.07) is 17.5. The normalized spacial score (nSPS) is 16.8. The van der Waals surface area contributed by atoms with Crippen molar-refractivity contribution < 1.29 is 14.3 Å². The number of carbonyl (C=O) groups excluding carboxylic acids is 1. The highest BCUT2D eigenvalue weighted by molar-refractivity contribution is 5.92. The van der Waals surface area contributed by atoms with E-state index >= 15 is 0 Å². The second-order valence-electron chi connectivity index (χ2n) is 6.82. The summed E-state index contributed by atoms with van der Waals surface area (Å²) in [5.74, 6) is 0.615. The van der Waals surface area contributed by atoms with E-state index in [2.05, 4.69) is 5.10 Å². The number of morpholine rings is 1. The fourth-order valence-electron chi connectivity index (χ4n) is 3.50. The molecule has 1 aromatic heterocycles. The van der Waals surface area contributed by atoms with Crippen LogP contribution >= 0.6 is 0 Å². The fraction of sp³-hybridized carbons (Fsp3) is 0.273. The van der Waals surface area contributed by atoms with Gasteiger partial charge in [-0.25, -0.2) is 4.68 Å². The van der Waals surface area contributed by atoms with Crippen molar-refractivity contribution in [3.8, 4) is 11.4 Å². The van der Waals surface area contributed by atoms with Gasteiger partial charge in [0.15, 0.2) is 5.69 Å². The molecule has 3 aromatic rings. The van der Waals surface area contributed by atoms with E-state index < -0.39 is 0 Å². The molecule has 4 rings (SSSR count). The maximum atomic E-state index is 13.2. The van der Waals surface area contributed by atoms with Crippen molar-refractivity contribution in [3.05, 3.63) is 77.6 Å². The number of hydrogen-bond acceptors (Lipinski definition) is 4. The van der Waals surface area contributed by atoms with E-state index in [1.54, 1.807) is 24.1 Å². The number of aryl methyl sites for hydroxylation is 1. The summed E-state index contributed by atoms with van der Waals surface area (Å²) in [7, 11) is 1.63. The third-order valence-electron chi connectivity index (χ3n) is 4.96. The first-order chi connectivity index (χ1) is 13.7. The Balaban J connectivity index is 1.63. The van der Waals surface area contributed by atoms with E-state index in [1.165, 1.54) is 0 Å². The molecular formula is C22H23N3O3. The molecular weight excluding hydrogens is 354 g/mol. The van der Waals surface area contributed by atoms with Crippen LogP contribution < -0.4 is 4.74 Å². The van der Waals surface area contributed by atoms with Gasteiger partial charge in [0.25, 0.3) is 5.91 Å². The summed E-state index contributed by atoms with van der Waals surface area (Å²) in [5, 5.41) is 4.54. The zero-order valence-electron chi connectivity index (χ0n) is 16.0. The number of methoxy groups -OCH3 is 1. The molecule has 0 bridgehead atoms. The number of hydrogen-bond donors (Lipinski definition) is 0. The van der Waals surface area contributed by atoms with Crippen molar-refractivity contribution in [2.45, 2.75) is 13.0 Å². The van der Waals surface area contributed by atoms with Gasteiger partial charge in [-0.05, 0) is 36.2 Å². The van der Waals surface area contributed by atoms with Crippen LogP contribution in [0, 0.1) is 6.92 Å². The van der Waals surface area contributed by atoms with Crippen molar-refractivity contribution in [2.75, 3.05) is 26.9 Å². The van der Waals surface area contributed by atoms with Crippen molar-refractivity contribution in [2.24, 2.45) is 0 Å². The second-order valence-corrected chi connectivity index (χ2v) is 6.82. The Bertz CT molecular complexity index is 968. The van der Waals surface area contributed by atoms with Crippen LogP contribution in [0.2, 0.25) is 0 Å². The molecule has 1 fully saturated rings. The smallest absolute Gasteiger partial charge is 0.275 e. The number of ether oxygens (including phenoxy) is 2. The van der Waals surface area contributed by atoms with Gasteiger partial charge in [0, 0.05) is 12.7 Å². The molecule has 28 heavy (non-hydrogen) atoms. The van der Waals surface area contributed by atoms with Crippen LogP contribution in [0.3, 0.4) is 0 Å². The Hall–Kier alpha value is -3.12. The topological polar surface area (TPSA) is 56.6 Å². The Labute approximate surface area is 164 Å². The molecule has 1 aliphatic heterocycles. The monoisotopic (exact) mass is 377 g/mol. The number of amides is 1. The van der Waals surface area contributed by atoms with Crippen LogP contribution in [0.15, 0.2) is 60.8 Å². The summed E-state index contributed by atoms with van der Waals surface area (Å²) in [4.78, 5) is 15.1. The average molecular weight is 377 g/mol. The average Bonchev–Trinajstić information content (AvgIpc) is 3.24. The lowest BCUT2D eigenvalue weighted by molar-refractivity contribution is -0.00303. The van der Waals surface area contributed by atoms with Gasteiger partial charge in [-0.2, -0.15) is 5.10 Å². The largest absolute Gasteiger partial charge is 0.494 e. The second kappa shape index (κ2) is 7.86. The zero-order chi connectivity index (χ0) is 19.5. The summed E-state index contributed by atoms with van der Waals surface area (Å²) in [6.45, 7) is 3.57. The Morgan fingerprint density at radius 3 is 2.79 bits per heavy atom. The predicted octanol–water partition coefficient (Wildman–Crippen LogP) is 3.40. The van der Waals surface area contributed by atoms with Crippen molar-refractivity contribution in [1.82, 2.24) is 14.7 Å². The molecule has 0 saturated carbocycles. The molecule has 0 spiro atoms. The molecule has 1 aliphatic rings. The highest BCUT2D eigenvalue weighted by Gasteiger charge is 2.30. The molecule has 0 aliphatic carbocycles. The van der Waals surface area contributed by atoms with Crippen LogP contribution in [-0.2, 0) is 4.74 Å². The summed E-state index contributed by atoms with van der Waals surface area (Å²) in [6.07, 6.45) is 1.79. The molecule has 2 heterocycles. The SMILES string of the molecule is COc1ccc(C)cc1-n1ccc(C(=O)N2CCOCC2c2ccccc2)n1. The standard InChI is InChI=1S/C22H23N3O3/c1-16-8-9-21(27-2)19(14-16)25-11-10-18(23-25)22(26)24-12-13-28-15-20(24)17-6-4-3-5-7-17/h3-11,14,20H,12-13,15H2,1-2H3. The van der Waals surface area contributed by atoms with Crippen LogP contribution in [0.1, 0.15) is 27.7 Å². The molecule has 6 heteroatoms. The van der Waals surface area contributed by atoms with Crippen LogP contribution in [-0.4, -0.2) is 47.5 Å². The number of aromatic nitrogens is 2. The van der Waals surface area contributed by atoms with E-state index in [9.17, 15) is 4.79 Å². The van der Waals surface area contributed by atoms with Gasteiger partial charge in [-0.15, -0.1) is 0 Å². The van der Waals surface area contributed by atoms with Crippen molar-refractivity contribution in [1.29, 1.82) is 0 Å². The molecule has 144 valence electrons. The number of benzene rings is 2. The Morgan fingerprint density at radius 2 is 2.00 bits per heavy atom. The maximum Gasteiger partial charge on any atom is 0.275 e. The lowest BCUT2D eigenvalue weighted by atomic mass is 10.0. The third-order valence-corrected chi connectivity index (χ3v) is 4.96. The van der Waals surface area contributed by atoms with Crippen molar-refractivity contribution >= 4 is 5.91 Å². The minimum absolute atomic E-state index is 0.0949. The van der Waals surface area contributed by atoms with E-state index in [0.717, 1.165) is 16.8 Å². The highest BCUT2D eigenvalue weighted by Crippen LogP contribution is 2.27. The van der Waals surface area contributed by atoms with Gasteiger partial charge in [-0.1, -0.05) is 36.4 Å². The number of carbonyl (C=O) groups is 1. The number of nitrogens with zero attached hydrogens (tertiary/aromatic N) is 3. The summed E-state index contributed by atoms with van der Waals surface area (Å²) >= 11 is 0. The predicted molar refractivity (Wildman–Crippen MR) is 106 cm³/mol. The molecule has 0 N–H and O–H groups in total. The molecule has 1 saturated heterocycles. The summed E-state index contributed by atoms with van der Waals surface area (Å²) in [5.41, 5.74) is 3.38. The van der Waals surface area contributed by atoms with Gasteiger partial charge in [0.2, 0.25) is 0 Å². The highest BCUT2D eigenvalue weighted by atomic mass is 16.5. The molecule has 2 aromatic carbocycles. The van der Waals surface area contributed by atoms with Gasteiger partial charge in [0.05, 0.1) is 26.4 Å². The van der Waals surface area contributed by atoms with Crippen LogP contribution in [0.4, 0.5) is 0 Å². The maximum absolute atomic E-state index is 13.2. The van der Waals surface area contributed by atoms with Gasteiger partial charge >= 0.3 is 0 Å². The van der Waals surface area contributed by atoms with Crippen LogP contribution in [0.5, 0.6) is 5.75 Å². The molecule has 0 radical (unpaired) electrons. The Kier molecular flexibility index (Phi) is 5.12. The zero-order valence-corrected chi connectivity index (χ0v) is 16.0. The molecule has 6 nitrogen and oxygen atoms in total. The van der Waals surface area contributed by atoms with Gasteiger partial charge < -0.3 is 14.4 Å². The Morgan fingerprint density at radius 1 is 1.18 bits per heavy atom. The van der Waals surface area contributed by atoms with Gasteiger partial charge in [-0.3, -0.25) is 4.79 Å². The van der Waals surface area contributed by atoms with Gasteiger partial charge in [0.1, 0.15) is 11.4 Å². The van der Waals surface area contributed by atoms with E-state index in [1.807, 2.05) is 60.4 Å². The van der Waals surface area contributed by atoms with E-state index in [0.29, 0.717) is 31.2 Å². The van der Waals surface area contributed by atoms with E-state index in [-0.39, 0.29) is 11.9 Å². The molecule has 1 amide bonds. The first-order valence-corrected chi connectivity index (χ1v) is 9.31. The third kappa shape index (κ3) is 3.51. The first kappa shape index (κ1) is 18.3. The molecule has 1 atom stereocenters. The minimum atomic E-state index is -0.110. The first-order valence-electron chi connectivity index (χ1n) is 9.31. The number of rotatable bonds is 4. The fourth-order valence-corrected chi connectivity index (χ4v) is 3.50. The summed E-state index contributed by atoms with van der Waals surface area (Å²) < 4.78 is 12.8. The minimum Gasteiger partial charge on any atom is -0.494 e. The lowest BCUT2D eigenvalue weighted by Gasteiger charge is -2.35. The van der Waals surface area contributed by atoms with Crippen LogP contribution in [0.25, 0.3) is 5.69 Å². The van der Waals surface area contributed by atoms with E-state index in [4.69, 9.17) is 9.47 Å². The van der Waals surface area contributed by atoms with Crippen molar-refractivity contribution in [3.63, 3.8) is 0 Å². The quantitative estimate of drug-likeness (QED) is 0.699. The molecule has 1 unspecified atom stereocenters.